The monoisotopic (exact) mass is 252 g/mol. The summed E-state index contributed by atoms with van der Waals surface area (Å²) in [5, 5.41) is 45.5. The minimum atomic E-state index is -1.96. The molecule has 0 bridgehead atoms. The van der Waals surface area contributed by atoms with E-state index in [1.54, 1.807) is 0 Å². The van der Waals surface area contributed by atoms with E-state index in [1.807, 2.05) is 6.92 Å². The number of carbonyl (C=O) groups excluding carboxylic acids is 1. The molecule has 0 aromatic heterocycles. The summed E-state index contributed by atoms with van der Waals surface area (Å²) < 4.78 is 4.62. The molecular formula is C10H20O7. The Balaban J connectivity index is 4.18. The van der Waals surface area contributed by atoms with Crippen molar-refractivity contribution in [3.05, 3.63) is 0 Å². The zero-order valence-corrected chi connectivity index (χ0v) is 9.69. The van der Waals surface area contributed by atoms with Crippen LogP contribution in [-0.4, -0.2) is 69.1 Å². The van der Waals surface area contributed by atoms with Crippen LogP contribution >= 0.6 is 0 Å². The number of hydrogen-bond donors (Lipinski definition) is 5. The molecule has 17 heavy (non-hydrogen) atoms. The van der Waals surface area contributed by atoms with Gasteiger partial charge in [0.05, 0.1) is 13.2 Å². The van der Waals surface area contributed by atoms with Gasteiger partial charge in [0.2, 0.25) is 0 Å². The Morgan fingerprint density at radius 2 is 1.76 bits per heavy atom. The lowest BCUT2D eigenvalue weighted by Gasteiger charge is -2.24. The summed E-state index contributed by atoms with van der Waals surface area (Å²) in [6.45, 7) is 1.20. The summed E-state index contributed by atoms with van der Waals surface area (Å²) >= 11 is 0. The lowest BCUT2D eigenvalue weighted by atomic mass is 10.0. The molecule has 0 aliphatic heterocycles. The van der Waals surface area contributed by atoms with Crippen LogP contribution in [0.3, 0.4) is 0 Å². The van der Waals surface area contributed by atoms with Crippen molar-refractivity contribution in [3.63, 3.8) is 0 Å². The van der Waals surface area contributed by atoms with E-state index in [0.717, 1.165) is 6.42 Å². The topological polar surface area (TPSA) is 127 Å². The first-order valence-corrected chi connectivity index (χ1v) is 5.45. The Labute approximate surface area is 99.3 Å². The molecule has 102 valence electrons. The molecule has 7 nitrogen and oxygen atoms in total. The molecule has 0 amide bonds. The van der Waals surface area contributed by atoms with Crippen LogP contribution in [0, 0.1) is 0 Å². The second-order valence-electron chi connectivity index (χ2n) is 3.70. The molecule has 0 aliphatic rings. The van der Waals surface area contributed by atoms with E-state index in [4.69, 9.17) is 10.2 Å². The predicted molar refractivity (Wildman–Crippen MR) is 57.0 cm³/mol. The normalized spacial score (nSPS) is 18.2. The van der Waals surface area contributed by atoms with Crippen molar-refractivity contribution in [1.82, 2.24) is 0 Å². The van der Waals surface area contributed by atoms with Crippen molar-refractivity contribution in [2.75, 3.05) is 13.2 Å². The summed E-state index contributed by atoms with van der Waals surface area (Å²) in [7, 11) is 0. The number of aliphatic hydroxyl groups is 5. The van der Waals surface area contributed by atoms with Crippen LogP contribution in [0.5, 0.6) is 0 Å². The number of ether oxygens (including phenoxy) is 1. The lowest BCUT2D eigenvalue weighted by molar-refractivity contribution is -0.170. The SMILES string of the molecule is CCCCOC(=O)[C@@H](O)[C@@H](O)[C@H](O)[C@@H](O)CO. The van der Waals surface area contributed by atoms with Gasteiger partial charge in [-0.1, -0.05) is 13.3 Å². The Morgan fingerprint density at radius 3 is 2.24 bits per heavy atom. The van der Waals surface area contributed by atoms with E-state index in [9.17, 15) is 20.1 Å². The minimum Gasteiger partial charge on any atom is -0.464 e. The van der Waals surface area contributed by atoms with E-state index >= 15 is 0 Å². The molecule has 0 fully saturated rings. The molecule has 0 unspecified atom stereocenters. The first-order valence-electron chi connectivity index (χ1n) is 5.45. The fourth-order valence-electron chi connectivity index (χ4n) is 1.06. The Kier molecular flexibility index (Phi) is 8.01. The van der Waals surface area contributed by atoms with Gasteiger partial charge in [-0.15, -0.1) is 0 Å². The summed E-state index contributed by atoms with van der Waals surface area (Å²) in [5.41, 5.74) is 0. The molecule has 0 aromatic carbocycles. The highest BCUT2D eigenvalue weighted by Gasteiger charge is 2.34. The van der Waals surface area contributed by atoms with E-state index in [1.165, 1.54) is 0 Å². The Morgan fingerprint density at radius 1 is 1.18 bits per heavy atom. The van der Waals surface area contributed by atoms with Crippen molar-refractivity contribution in [1.29, 1.82) is 0 Å². The first kappa shape index (κ1) is 16.3. The number of hydrogen-bond acceptors (Lipinski definition) is 7. The Hall–Kier alpha value is -0.730. The van der Waals surface area contributed by atoms with Crippen LogP contribution < -0.4 is 0 Å². The quantitative estimate of drug-likeness (QED) is 0.244. The maximum Gasteiger partial charge on any atom is 0.337 e. The molecule has 5 N–H and O–H groups in total. The van der Waals surface area contributed by atoms with Gasteiger partial charge in [-0.2, -0.15) is 0 Å². The first-order chi connectivity index (χ1) is 7.95. The van der Waals surface area contributed by atoms with Crippen LogP contribution in [0.4, 0.5) is 0 Å². The molecule has 4 atom stereocenters. The number of rotatable bonds is 8. The fraction of sp³-hybridized carbons (Fsp3) is 0.900. The Bertz CT molecular complexity index is 221. The smallest absolute Gasteiger partial charge is 0.337 e. The highest BCUT2D eigenvalue weighted by atomic mass is 16.5. The third-order valence-electron chi connectivity index (χ3n) is 2.24. The summed E-state index contributed by atoms with van der Waals surface area (Å²) in [4.78, 5) is 11.2. The number of aliphatic hydroxyl groups excluding tert-OH is 5. The minimum absolute atomic E-state index is 0.109. The number of carbonyl (C=O) groups is 1. The van der Waals surface area contributed by atoms with E-state index < -0.39 is 37.0 Å². The van der Waals surface area contributed by atoms with E-state index in [0.29, 0.717) is 6.42 Å². The summed E-state index contributed by atoms with van der Waals surface area (Å²) in [5.74, 6) is -1.07. The molecule has 0 spiro atoms. The second-order valence-corrected chi connectivity index (χ2v) is 3.70. The highest BCUT2D eigenvalue weighted by molar-refractivity contribution is 5.75. The number of unbranched alkanes of at least 4 members (excludes halogenated alkanes) is 1. The maximum atomic E-state index is 11.2. The van der Waals surface area contributed by atoms with Crippen molar-refractivity contribution in [3.8, 4) is 0 Å². The largest absolute Gasteiger partial charge is 0.464 e. The van der Waals surface area contributed by atoms with Crippen molar-refractivity contribution >= 4 is 5.97 Å². The average Bonchev–Trinajstić information content (AvgIpc) is 2.35. The number of esters is 1. The summed E-state index contributed by atoms with van der Waals surface area (Å²) in [6, 6.07) is 0. The van der Waals surface area contributed by atoms with Crippen LogP contribution in [0.2, 0.25) is 0 Å². The molecule has 0 radical (unpaired) electrons. The van der Waals surface area contributed by atoms with Gasteiger partial charge in [-0.25, -0.2) is 4.79 Å². The predicted octanol–water partition coefficient (Wildman–Crippen LogP) is -2.23. The summed E-state index contributed by atoms with van der Waals surface area (Å²) in [6.07, 6.45) is -5.90. The molecule has 7 heteroatoms. The van der Waals surface area contributed by atoms with E-state index in [2.05, 4.69) is 4.74 Å². The second kappa shape index (κ2) is 8.37. The highest BCUT2D eigenvalue weighted by Crippen LogP contribution is 2.07. The van der Waals surface area contributed by atoms with Crippen molar-refractivity contribution in [2.45, 2.75) is 44.2 Å². The van der Waals surface area contributed by atoms with Gasteiger partial charge in [-0.05, 0) is 6.42 Å². The van der Waals surface area contributed by atoms with Crippen LogP contribution in [0.25, 0.3) is 0 Å². The molecule has 0 heterocycles. The molecule has 0 saturated carbocycles. The maximum absolute atomic E-state index is 11.2. The van der Waals surface area contributed by atoms with Gasteiger partial charge in [0.15, 0.2) is 6.10 Å². The van der Waals surface area contributed by atoms with Gasteiger partial charge >= 0.3 is 5.97 Å². The third-order valence-corrected chi connectivity index (χ3v) is 2.24. The molecule has 0 saturated heterocycles. The van der Waals surface area contributed by atoms with Gasteiger partial charge in [0.1, 0.15) is 18.3 Å². The molecule has 0 aromatic rings. The zero-order valence-electron chi connectivity index (χ0n) is 9.69. The molecular weight excluding hydrogens is 232 g/mol. The van der Waals surface area contributed by atoms with Crippen LogP contribution in [-0.2, 0) is 9.53 Å². The zero-order chi connectivity index (χ0) is 13.4. The van der Waals surface area contributed by atoms with Crippen LogP contribution in [0.15, 0.2) is 0 Å². The van der Waals surface area contributed by atoms with Gasteiger partial charge in [0, 0.05) is 0 Å². The molecule has 0 rings (SSSR count). The lowest BCUT2D eigenvalue weighted by Crippen LogP contribution is -2.49. The third kappa shape index (κ3) is 5.42. The van der Waals surface area contributed by atoms with Gasteiger partial charge in [-0.3, -0.25) is 0 Å². The fourth-order valence-corrected chi connectivity index (χ4v) is 1.06. The van der Waals surface area contributed by atoms with E-state index in [-0.39, 0.29) is 6.61 Å². The van der Waals surface area contributed by atoms with Gasteiger partial charge in [0.25, 0.3) is 0 Å². The van der Waals surface area contributed by atoms with Gasteiger partial charge < -0.3 is 30.3 Å². The van der Waals surface area contributed by atoms with Crippen molar-refractivity contribution < 1.29 is 35.1 Å². The average molecular weight is 252 g/mol. The van der Waals surface area contributed by atoms with Crippen LogP contribution in [0.1, 0.15) is 19.8 Å². The molecule has 0 aliphatic carbocycles. The van der Waals surface area contributed by atoms with Crippen molar-refractivity contribution in [2.24, 2.45) is 0 Å². The standard InChI is InChI=1S/C10H20O7/c1-2-3-4-17-10(16)9(15)8(14)7(13)6(12)5-11/h6-9,11-15H,2-5H2,1H3/t6-,7+,8-,9-/m0/s1.